The number of aromatic nitrogens is 1. The number of thiazole rings is 1. The van der Waals surface area contributed by atoms with Crippen LogP contribution >= 0.6 is 34.5 Å². The molecule has 0 bridgehead atoms. The second-order valence-electron chi connectivity index (χ2n) is 8.85. The number of nitrogens with one attached hydrogen (secondary N) is 1. The van der Waals surface area contributed by atoms with Crippen LogP contribution in [0.15, 0.2) is 12.1 Å². The summed E-state index contributed by atoms with van der Waals surface area (Å²) in [5.74, 6) is -1.48. The lowest BCUT2D eigenvalue weighted by Crippen LogP contribution is -2.54. The number of nitrogens with zero attached hydrogens (tertiary/aromatic N) is 3. The van der Waals surface area contributed by atoms with E-state index in [1.165, 1.54) is 4.90 Å². The number of benzene rings is 1. The van der Waals surface area contributed by atoms with E-state index in [1.54, 1.807) is 27.7 Å². The summed E-state index contributed by atoms with van der Waals surface area (Å²) in [7, 11) is 0. The van der Waals surface area contributed by atoms with Crippen LogP contribution in [0.2, 0.25) is 10.0 Å². The molecule has 2 aromatic rings. The number of aliphatic hydroxyl groups is 1. The minimum atomic E-state index is -6.21. The van der Waals surface area contributed by atoms with E-state index in [4.69, 9.17) is 28.5 Å². The number of alkyl halides is 6. The SMILES string of the molecule is CCN(CC)C(=O)c1nc(C(=O)NCC(C)(C)C#N)sc1-c1ccc(C(O)(C(F)(F)F)C(F)(F)F)c(Cl)c1Cl. The molecule has 16 heteroatoms. The molecule has 0 unspecified atom stereocenters. The van der Waals surface area contributed by atoms with Crippen molar-refractivity contribution < 1.29 is 41.0 Å². The third-order valence-electron chi connectivity index (χ3n) is 5.61. The third-order valence-corrected chi connectivity index (χ3v) is 7.57. The molecule has 2 N–H and O–H groups in total. The molecular weight excluding hydrogens is 597 g/mol. The molecule has 7 nitrogen and oxygen atoms in total. The van der Waals surface area contributed by atoms with Crippen molar-refractivity contribution in [2.75, 3.05) is 19.6 Å². The van der Waals surface area contributed by atoms with Crippen LogP contribution in [0.5, 0.6) is 0 Å². The Morgan fingerprint density at radius 2 is 1.62 bits per heavy atom. The zero-order valence-electron chi connectivity index (χ0n) is 20.8. The molecule has 0 fully saturated rings. The van der Waals surface area contributed by atoms with E-state index < -0.39 is 50.8 Å². The predicted molar refractivity (Wildman–Crippen MR) is 133 cm³/mol. The smallest absolute Gasteiger partial charge is 0.369 e. The minimum absolute atomic E-state index is 0.0919. The van der Waals surface area contributed by atoms with Gasteiger partial charge in [0.25, 0.3) is 17.4 Å². The van der Waals surface area contributed by atoms with Gasteiger partial charge >= 0.3 is 12.4 Å². The average Bonchev–Trinajstić information content (AvgIpc) is 3.28. The van der Waals surface area contributed by atoms with Crippen molar-refractivity contribution in [2.45, 2.75) is 45.6 Å². The highest BCUT2D eigenvalue weighted by atomic mass is 35.5. The molecule has 1 heterocycles. The first-order chi connectivity index (χ1) is 17.8. The fourth-order valence-electron chi connectivity index (χ4n) is 3.29. The number of halogens is 8. The molecule has 39 heavy (non-hydrogen) atoms. The molecule has 1 aromatic heterocycles. The molecule has 0 aliphatic heterocycles. The highest BCUT2D eigenvalue weighted by Gasteiger charge is 2.72. The van der Waals surface area contributed by atoms with Crippen LogP contribution in [-0.4, -0.2) is 58.8 Å². The van der Waals surface area contributed by atoms with E-state index in [0.717, 1.165) is 6.07 Å². The molecule has 0 saturated heterocycles. The van der Waals surface area contributed by atoms with Gasteiger partial charge in [0.1, 0.15) is 5.69 Å². The summed E-state index contributed by atoms with van der Waals surface area (Å²) in [6, 6.07) is 3.00. The molecule has 214 valence electrons. The number of nitriles is 1. The Balaban J connectivity index is 2.76. The summed E-state index contributed by atoms with van der Waals surface area (Å²) in [5, 5.41) is 19.0. The topological polar surface area (TPSA) is 106 Å². The summed E-state index contributed by atoms with van der Waals surface area (Å²) in [6.07, 6.45) is -12.4. The standard InChI is InChI=1S/C23H22Cl2F6N4O3S/c1-5-35(6-2)19(37)15-16(39-18(34-15)17(36)33-10-20(3,4)9-32)11-7-8-12(14(25)13(11)24)21(38,22(26,27)28)23(29,30)31/h7-8,38H,5-6,10H2,1-4H3,(H,33,36). The summed E-state index contributed by atoms with van der Waals surface area (Å²) in [6.45, 7) is 6.75. The molecule has 0 aliphatic carbocycles. The lowest BCUT2D eigenvalue weighted by Gasteiger charge is -2.33. The molecule has 0 saturated carbocycles. The molecule has 0 atom stereocenters. The first-order valence-electron chi connectivity index (χ1n) is 11.1. The van der Waals surface area contributed by atoms with Crippen molar-refractivity contribution in [3.8, 4) is 16.5 Å². The van der Waals surface area contributed by atoms with E-state index in [1.807, 2.05) is 6.07 Å². The van der Waals surface area contributed by atoms with Gasteiger partial charge in [0.15, 0.2) is 5.01 Å². The van der Waals surface area contributed by atoms with Crippen LogP contribution in [0.1, 0.15) is 53.5 Å². The predicted octanol–water partition coefficient (Wildman–Crippen LogP) is 6.19. The molecule has 2 amide bonds. The largest absolute Gasteiger partial charge is 0.430 e. The van der Waals surface area contributed by atoms with Crippen molar-refractivity contribution in [1.29, 1.82) is 5.26 Å². The first-order valence-corrected chi connectivity index (χ1v) is 12.7. The van der Waals surface area contributed by atoms with Crippen LogP contribution in [0, 0.1) is 16.7 Å². The van der Waals surface area contributed by atoms with Crippen LogP contribution in [-0.2, 0) is 5.60 Å². The molecule has 0 aliphatic rings. The number of carbonyl (C=O) groups is 2. The van der Waals surface area contributed by atoms with Gasteiger partial charge in [-0.3, -0.25) is 9.59 Å². The van der Waals surface area contributed by atoms with Crippen LogP contribution in [0.4, 0.5) is 26.3 Å². The van der Waals surface area contributed by atoms with Gasteiger partial charge in [-0.15, -0.1) is 11.3 Å². The Morgan fingerprint density at radius 3 is 2.08 bits per heavy atom. The minimum Gasteiger partial charge on any atom is -0.369 e. The van der Waals surface area contributed by atoms with Gasteiger partial charge in [0.05, 0.1) is 26.4 Å². The van der Waals surface area contributed by atoms with Crippen molar-refractivity contribution in [1.82, 2.24) is 15.2 Å². The Morgan fingerprint density at radius 1 is 1.08 bits per heavy atom. The Hall–Kier alpha value is -2.60. The van der Waals surface area contributed by atoms with Gasteiger partial charge in [0.2, 0.25) is 0 Å². The second-order valence-corrected chi connectivity index (χ2v) is 10.6. The van der Waals surface area contributed by atoms with E-state index in [9.17, 15) is 41.0 Å². The zero-order valence-corrected chi connectivity index (χ0v) is 23.1. The van der Waals surface area contributed by atoms with Crippen molar-refractivity contribution >= 4 is 46.4 Å². The Labute approximate surface area is 233 Å². The van der Waals surface area contributed by atoms with E-state index in [2.05, 4.69) is 10.3 Å². The van der Waals surface area contributed by atoms with Crippen LogP contribution in [0.3, 0.4) is 0 Å². The van der Waals surface area contributed by atoms with Crippen LogP contribution in [0.25, 0.3) is 10.4 Å². The van der Waals surface area contributed by atoms with Crippen molar-refractivity contribution in [3.05, 3.63) is 38.4 Å². The maximum absolute atomic E-state index is 13.4. The monoisotopic (exact) mass is 618 g/mol. The lowest BCUT2D eigenvalue weighted by atomic mass is 9.91. The Kier molecular flexibility index (Phi) is 9.60. The molecule has 0 radical (unpaired) electrons. The number of rotatable bonds is 8. The fraction of sp³-hybridized carbons (Fsp3) is 0.478. The van der Waals surface area contributed by atoms with Gasteiger partial charge in [-0.05, 0) is 27.7 Å². The zero-order chi connectivity index (χ0) is 30.1. The normalized spacial score (nSPS) is 12.7. The van der Waals surface area contributed by atoms with E-state index >= 15 is 0 Å². The summed E-state index contributed by atoms with van der Waals surface area (Å²) in [5.41, 5.74) is -8.69. The number of hydrogen-bond acceptors (Lipinski definition) is 6. The molecule has 2 rings (SSSR count). The summed E-state index contributed by atoms with van der Waals surface area (Å²) in [4.78, 5) is 31.2. The maximum Gasteiger partial charge on any atom is 0.430 e. The highest BCUT2D eigenvalue weighted by molar-refractivity contribution is 7.17. The number of amides is 2. The van der Waals surface area contributed by atoms with Crippen LogP contribution < -0.4 is 5.32 Å². The fourth-order valence-corrected chi connectivity index (χ4v) is 4.91. The van der Waals surface area contributed by atoms with Gasteiger partial charge < -0.3 is 15.3 Å². The van der Waals surface area contributed by atoms with Crippen molar-refractivity contribution in [3.63, 3.8) is 0 Å². The van der Waals surface area contributed by atoms with E-state index in [-0.39, 0.29) is 40.8 Å². The average molecular weight is 619 g/mol. The molecular formula is C23H22Cl2F6N4O3S. The quantitative estimate of drug-likeness (QED) is 0.343. The van der Waals surface area contributed by atoms with E-state index in [0.29, 0.717) is 17.4 Å². The lowest BCUT2D eigenvalue weighted by molar-refractivity contribution is -0.376. The summed E-state index contributed by atoms with van der Waals surface area (Å²) >= 11 is 12.6. The van der Waals surface area contributed by atoms with Gasteiger partial charge in [-0.25, -0.2) is 4.98 Å². The molecule has 1 aromatic carbocycles. The van der Waals surface area contributed by atoms with Gasteiger partial charge in [-0.1, -0.05) is 35.3 Å². The Bertz CT molecular complexity index is 1290. The number of hydrogen-bond donors (Lipinski definition) is 2. The molecule has 0 spiro atoms. The van der Waals surface area contributed by atoms with Gasteiger partial charge in [0, 0.05) is 30.8 Å². The second kappa shape index (κ2) is 11.5. The number of carbonyl (C=O) groups excluding carboxylic acids is 2. The third kappa shape index (κ3) is 6.26. The maximum atomic E-state index is 13.4. The summed E-state index contributed by atoms with van der Waals surface area (Å²) < 4.78 is 80.6. The van der Waals surface area contributed by atoms with Gasteiger partial charge in [-0.2, -0.15) is 31.6 Å². The first kappa shape index (κ1) is 32.6. The highest BCUT2D eigenvalue weighted by Crippen LogP contribution is 2.54. The van der Waals surface area contributed by atoms with Crippen molar-refractivity contribution in [2.24, 2.45) is 5.41 Å².